The molecule has 1 amide bonds. The molecule has 0 spiro atoms. The third-order valence-electron chi connectivity index (χ3n) is 5.97. The number of fused-ring (bicyclic) bond motifs is 1. The second kappa shape index (κ2) is 8.97. The van der Waals surface area contributed by atoms with Crippen molar-refractivity contribution in [3.05, 3.63) is 89.4 Å². The smallest absolute Gasteiger partial charge is 0.227 e. The molecule has 1 fully saturated rings. The minimum absolute atomic E-state index is 0.107. The van der Waals surface area contributed by atoms with E-state index < -0.39 is 0 Å². The van der Waals surface area contributed by atoms with Gasteiger partial charge in [-0.3, -0.25) is 4.79 Å². The van der Waals surface area contributed by atoms with E-state index in [4.69, 9.17) is 11.6 Å². The Morgan fingerprint density at radius 2 is 1.56 bits per heavy atom. The number of hydrogen-bond acceptors (Lipinski definition) is 4. The third-order valence-corrected chi connectivity index (χ3v) is 6.34. The molecule has 1 aliphatic rings. The van der Waals surface area contributed by atoms with Gasteiger partial charge in [-0.25, -0.2) is 0 Å². The van der Waals surface area contributed by atoms with E-state index >= 15 is 0 Å². The lowest BCUT2D eigenvalue weighted by Crippen LogP contribution is -2.49. The summed E-state index contributed by atoms with van der Waals surface area (Å²) in [4.78, 5) is 16.8. The van der Waals surface area contributed by atoms with Gasteiger partial charge in [0.05, 0.1) is 12.1 Å². The van der Waals surface area contributed by atoms with Crippen molar-refractivity contribution >= 4 is 34.1 Å². The SMILES string of the molecule is O=C(Cc1ccccc1Cl)N1CCN(c2ccc(-c3cccc4ccccc34)nn2)CC1. The first-order chi connectivity index (χ1) is 15.7. The van der Waals surface area contributed by atoms with Gasteiger partial charge in [0.25, 0.3) is 0 Å². The van der Waals surface area contributed by atoms with E-state index in [1.54, 1.807) is 0 Å². The highest BCUT2D eigenvalue weighted by Gasteiger charge is 2.22. The quantitative estimate of drug-likeness (QED) is 0.453. The lowest BCUT2D eigenvalue weighted by atomic mass is 10.0. The molecule has 1 saturated heterocycles. The second-order valence-corrected chi connectivity index (χ2v) is 8.35. The van der Waals surface area contributed by atoms with Crippen LogP contribution in [0.3, 0.4) is 0 Å². The first-order valence-corrected chi connectivity index (χ1v) is 11.1. The number of rotatable bonds is 4. The fourth-order valence-electron chi connectivity index (χ4n) is 4.19. The highest BCUT2D eigenvalue weighted by molar-refractivity contribution is 6.31. The van der Waals surface area contributed by atoms with Crippen LogP contribution in [0.5, 0.6) is 0 Å². The number of halogens is 1. The molecular formula is C26H23ClN4O. The van der Waals surface area contributed by atoms with Crippen molar-refractivity contribution in [3.8, 4) is 11.3 Å². The fraction of sp³-hybridized carbons (Fsp3) is 0.192. The van der Waals surface area contributed by atoms with Crippen molar-refractivity contribution < 1.29 is 4.79 Å². The fourth-order valence-corrected chi connectivity index (χ4v) is 4.39. The lowest BCUT2D eigenvalue weighted by molar-refractivity contribution is -0.130. The molecule has 0 aliphatic carbocycles. The molecule has 4 aromatic rings. The molecule has 1 aliphatic heterocycles. The van der Waals surface area contributed by atoms with Crippen LogP contribution in [-0.4, -0.2) is 47.2 Å². The molecule has 0 radical (unpaired) electrons. The molecule has 0 N–H and O–H groups in total. The molecule has 32 heavy (non-hydrogen) atoms. The van der Waals surface area contributed by atoms with Crippen LogP contribution < -0.4 is 4.90 Å². The van der Waals surface area contributed by atoms with Crippen LogP contribution in [0.1, 0.15) is 5.56 Å². The van der Waals surface area contributed by atoms with Gasteiger partial charge in [-0.1, -0.05) is 72.3 Å². The topological polar surface area (TPSA) is 49.3 Å². The maximum Gasteiger partial charge on any atom is 0.227 e. The van der Waals surface area contributed by atoms with Crippen molar-refractivity contribution in [3.63, 3.8) is 0 Å². The zero-order valence-corrected chi connectivity index (χ0v) is 18.4. The van der Waals surface area contributed by atoms with Gasteiger partial charge in [-0.2, -0.15) is 0 Å². The molecule has 0 atom stereocenters. The maximum absolute atomic E-state index is 12.7. The molecule has 0 saturated carbocycles. The van der Waals surface area contributed by atoms with E-state index in [9.17, 15) is 4.79 Å². The van der Waals surface area contributed by atoms with E-state index in [0.717, 1.165) is 35.7 Å². The standard InChI is InChI=1S/C26H23ClN4O/c27-23-11-4-2-7-20(23)18-26(32)31-16-14-30(15-17-31)25-13-12-24(28-29-25)22-10-5-8-19-6-1-3-9-21(19)22/h1-13H,14-18H2. The van der Waals surface area contributed by atoms with Crippen LogP contribution in [-0.2, 0) is 11.2 Å². The number of amides is 1. The van der Waals surface area contributed by atoms with Gasteiger partial charge in [0, 0.05) is 36.8 Å². The van der Waals surface area contributed by atoms with E-state index in [0.29, 0.717) is 24.5 Å². The molecule has 6 heteroatoms. The molecule has 0 unspecified atom stereocenters. The predicted octanol–water partition coefficient (Wildman–Crippen LogP) is 4.84. The van der Waals surface area contributed by atoms with E-state index in [2.05, 4.69) is 39.4 Å². The van der Waals surface area contributed by atoms with Crippen molar-refractivity contribution in [2.24, 2.45) is 0 Å². The normalized spacial score (nSPS) is 14.0. The van der Waals surface area contributed by atoms with Gasteiger partial charge in [0.15, 0.2) is 5.82 Å². The number of nitrogens with zero attached hydrogens (tertiary/aromatic N) is 4. The van der Waals surface area contributed by atoms with Gasteiger partial charge in [0.2, 0.25) is 5.91 Å². The summed E-state index contributed by atoms with van der Waals surface area (Å²) in [6, 6.07) is 26.1. The summed E-state index contributed by atoms with van der Waals surface area (Å²) in [6.45, 7) is 2.79. The Kier molecular flexibility index (Phi) is 5.73. The molecule has 1 aromatic heterocycles. The summed E-state index contributed by atoms with van der Waals surface area (Å²) >= 11 is 6.21. The van der Waals surface area contributed by atoms with Crippen LogP contribution in [0.4, 0.5) is 5.82 Å². The molecule has 5 nitrogen and oxygen atoms in total. The number of aromatic nitrogens is 2. The minimum atomic E-state index is 0.107. The van der Waals surface area contributed by atoms with Crippen LogP contribution >= 0.6 is 11.6 Å². The average molecular weight is 443 g/mol. The van der Waals surface area contributed by atoms with Gasteiger partial charge in [0.1, 0.15) is 0 Å². The molecular weight excluding hydrogens is 420 g/mol. The van der Waals surface area contributed by atoms with Crippen molar-refractivity contribution in [2.75, 3.05) is 31.1 Å². The average Bonchev–Trinajstić information content (AvgIpc) is 2.85. The second-order valence-electron chi connectivity index (χ2n) is 7.94. The van der Waals surface area contributed by atoms with E-state index in [-0.39, 0.29) is 5.91 Å². The first kappa shape index (κ1) is 20.5. The van der Waals surface area contributed by atoms with Gasteiger partial charge < -0.3 is 9.80 Å². The van der Waals surface area contributed by atoms with Crippen LogP contribution in [0.15, 0.2) is 78.9 Å². The number of benzene rings is 3. The molecule has 160 valence electrons. The number of carbonyl (C=O) groups is 1. The number of anilines is 1. The number of carbonyl (C=O) groups excluding carboxylic acids is 1. The summed E-state index contributed by atoms with van der Waals surface area (Å²) in [5.74, 6) is 0.947. The van der Waals surface area contributed by atoms with E-state index in [1.165, 1.54) is 10.8 Å². The first-order valence-electron chi connectivity index (χ1n) is 10.8. The maximum atomic E-state index is 12.7. The van der Waals surface area contributed by atoms with Crippen molar-refractivity contribution in [2.45, 2.75) is 6.42 Å². The zero-order chi connectivity index (χ0) is 21.9. The Morgan fingerprint density at radius 3 is 2.34 bits per heavy atom. The Bertz CT molecular complexity index is 1240. The molecule has 2 heterocycles. The number of hydrogen-bond donors (Lipinski definition) is 0. The monoisotopic (exact) mass is 442 g/mol. The Labute approximate surface area is 192 Å². The van der Waals surface area contributed by atoms with Gasteiger partial charge >= 0.3 is 0 Å². The van der Waals surface area contributed by atoms with Gasteiger partial charge in [-0.15, -0.1) is 10.2 Å². The summed E-state index contributed by atoms with van der Waals surface area (Å²) in [5.41, 5.74) is 2.81. The summed E-state index contributed by atoms with van der Waals surface area (Å²) in [5, 5.41) is 12.0. The van der Waals surface area contributed by atoms with Crippen LogP contribution in [0.25, 0.3) is 22.0 Å². The predicted molar refractivity (Wildman–Crippen MR) is 129 cm³/mol. The van der Waals surface area contributed by atoms with Crippen LogP contribution in [0, 0.1) is 0 Å². The van der Waals surface area contributed by atoms with Gasteiger partial charge in [-0.05, 0) is 34.5 Å². The Morgan fingerprint density at radius 1 is 0.812 bits per heavy atom. The Hall–Kier alpha value is -3.44. The zero-order valence-electron chi connectivity index (χ0n) is 17.6. The number of piperazine rings is 1. The minimum Gasteiger partial charge on any atom is -0.352 e. The summed E-state index contributed by atoms with van der Waals surface area (Å²) < 4.78 is 0. The van der Waals surface area contributed by atoms with E-state index in [1.807, 2.05) is 59.5 Å². The largest absolute Gasteiger partial charge is 0.352 e. The summed E-state index contributed by atoms with van der Waals surface area (Å²) in [7, 11) is 0. The highest BCUT2D eigenvalue weighted by atomic mass is 35.5. The van der Waals surface area contributed by atoms with Crippen molar-refractivity contribution in [1.82, 2.24) is 15.1 Å². The Balaban J connectivity index is 1.24. The lowest BCUT2D eigenvalue weighted by Gasteiger charge is -2.35. The molecule has 5 rings (SSSR count). The van der Waals surface area contributed by atoms with Crippen LogP contribution in [0.2, 0.25) is 5.02 Å². The third kappa shape index (κ3) is 4.16. The molecule has 3 aromatic carbocycles. The summed E-state index contributed by atoms with van der Waals surface area (Å²) in [6.07, 6.45) is 0.333. The molecule has 0 bridgehead atoms. The highest BCUT2D eigenvalue weighted by Crippen LogP contribution is 2.27. The van der Waals surface area contributed by atoms with Crippen molar-refractivity contribution in [1.29, 1.82) is 0 Å².